The standard InChI is InChI=1S/C17H19N3O3S.C5H11N3/c1-10-8-18-15(11(2)16(10)23-4)9-24(21)17-19-13-6-5-12(22-3)7-14(13)20-17;1-5(2)3-4-7-8-6/h5-8H,9H2,1-4H3,(H,19,20);5H,3-4H2,1-2H3/t24-;/m0./s1. The Hall–Kier alpha value is -3.10. The minimum absolute atomic E-state index is 0.277. The molecule has 0 amide bonds. The molecule has 0 saturated heterocycles. The molecule has 0 aliphatic carbocycles. The molecule has 3 rings (SSSR count). The lowest BCUT2D eigenvalue weighted by Gasteiger charge is -2.11. The first-order valence-electron chi connectivity index (χ1n) is 10.2. The van der Waals surface area contributed by atoms with E-state index >= 15 is 0 Å². The van der Waals surface area contributed by atoms with Crippen LogP contribution in [0.3, 0.4) is 0 Å². The van der Waals surface area contributed by atoms with Gasteiger partial charge in [0.2, 0.25) is 0 Å². The Kier molecular flexibility index (Phi) is 9.49. The summed E-state index contributed by atoms with van der Waals surface area (Å²) >= 11 is 0. The molecule has 1 N–H and O–H groups in total. The predicted octanol–water partition coefficient (Wildman–Crippen LogP) is 5.24. The number of H-pyrrole nitrogens is 1. The second kappa shape index (κ2) is 12.1. The fourth-order valence-electron chi connectivity index (χ4n) is 2.97. The molecule has 1 atom stereocenters. The largest absolute Gasteiger partial charge is 0.497 e. The van der Waals surface area contributed by atoms with Crippen molar-refractivity contribution < 1.29 is 13.7 Å². The number of nitrogens with zero attached hydrogens (tertiary/aromatic N) is 5. The Balaban J connectivity index is 0.000000390. The van der Waals surface area contributed by atoms with Crippen molar-refractivity contribution in [1.82, 2.24) is 15.0 Å². The van der Waals surface area contributed by atoms with Gasteiger partial charge >= 0.3 is 0 Å². The molecular formula is C22H30N6O3S. The summed E-state index contributed by atoms with van der Waals surface area (Å²) in [5.41, 5.74) is 12.0. The summed E-state index contributed by atoms with van der Waals surface area (Å²) in [6.45, 7) is 8.70. The number of pyridine rings is 1. The SMILES string of the molecule is CC(C)CCN=[N+]=[N-].COc1ccc2nc([S@@](=O)Cc3ncc(C)c(OC)c3C)[nH]c2c1. The van der Waals surface area contributed by atoms with Gasteiger partial charge in [-0.1, -0.05) is 19.0 Å². The number of aryl methyl sites for hydroxylation is 1. The monoisotopic (exact) mass is 458 g/mol. The molecule has 1 aromatic carbocycles. The average Bonchev–Trinajstić information content (AvgIpc) is 3.20. The molecule has 0 bridgehead atoms. The zero-order valence-corrected chi connectivity index (χ0v) is 20.2. The lowest BCUT2D eigenvalue weighted by molar-refractivity contribution is 0.407. The number of azide groups is 1. The molecule has 0 unspecified atom stereocenters. The van der Waals surface area contributed by atoms with E-state index < -0.39 is 10.8 Å². The van der Waals surface area contributed by atoms with Crippen LogP contribution in [0.2, 0.25) is 0 Å². The summed E-state index contributed by atoms with van der Waals surface area (Å²) < 4.78 is 23.3. The highest BCUT2D eigenvalue weighted by Crippen LogP contribution is 2.26. The van der Waals surface area contributed by atoms with Gasteiger partial charge in [0.25, 0.3) is 0 Å². The van der Waals surface area contributed by atoms with E-state index in [0.29, 0.717) is 17.6 Å². The quantitative estimate of drug-likeness (QED) is 0.280. The summed E-state index contributed by atoms with van der Waals surface area (Å²) in [6.07, 6.45) is 2.73. The van der Waals surface area contributed by atoms with Crippen LogP contribution in [0.25, 0.3) is 21.5 Å². The molecule has 2 aromatic heterocycles. The Morgan fingerprint density at radius 1 is 1.25 bits per heavy atom. The van der Waals surface area contributed by atoms with E-state index in [2.05, 4.69) is 38.8 Å². The van der Waals surface area contributed by atoms with Gasteiger partial charge in [-0.2, -0.15) is 0 Å². The second-order valence-electron chi connectivity index (χ2n) is 7.60. The van der Waals surface area contributed by atoms with Crippen molar-refractivity contribution in [3.8, 4) is 11.5 Å². The van der Waals surface area contributed by atoms with Crippen LogP contribution in [0.15, 0.2) is 34.7 Å². The van der Waals surface area contributed by atoms with Crippen LogP contribution < -0.4 is 9.47 Å². The first-order chi connectivity index (χ1) is 15.3. The minimum Gasteiger partial charge on any atom is -0.497 e. The smallest absolute Gasteiger partial charge is 0.197 e. The van der Waals surface area contributed by atoms with Gasteiger partial charge in [0.05, 0.1) is 47.5 Å². The molecule has 0 radical (unpaired) electrons. The van der Waals surface area contributed by atoms with Crippen molar-refractivity contribution in [2.75, 3.05) is 20.8 Å². The van der Waals surface area contributed by atoms with Crippen LogP contribution in [0.1, 0.15) is 37.1 Å². The van der Waals surface area contributed by atoms with Gasteiger partial charge < -0.3 is 14.5 Å². The molecule has 0 fully saturated rings. The van der Waals surface area contributed by atoms with Gasteiger partial charge in [-0.05, 0) is 43.9 Å². The number of ether oxygens (including phenoxy) is 2. The number of methoxy groups -OCH3 is 2. The second-order valence-corrected chi connectivity index (χ2v) is 8.96. The third kappa shape index (κ3) is 6.70. The van der Waals surface area contributed by atoms with Gasteiger partial charge in [-0.3, -0.25) is 9.19 Å². The zero-order chi connectivity index (χ0) is 23.7. The maximum absolute atomic E-state index is 12.7. The molecular weight excluding hydrogens is 428 g/mol. The molecule has 2 heterocycles. The number of hydrogen-bond acceptors (Lipinski definition) is 6. The maximum atomic E-state index is 12.7. The number of imidazole rings is 1. The van der Waals surface area contributed by atoms with Crippen LogP contribution in [0, 0.1) is 19.8 Å². The highest BCUT2D eigenvalue weighted by atomic mass is 32.2. The number of nitrogens with one attached hydrogen (secondary N) is 1. The van der Waals surface area contributed by atoms with Crippen molar-refractivity contribution in [2.45, 2.75) is 45.0 Å². The van der Waals surface area contributed by atoms with Crippen molar-refractivity contribution >= 4 is 21.8 Å². The summed E-state index contributed by atoms with van der Waals surface area (Å²) in [6, 6.07) is 5.50. The van der Waals surface area contributed by atoms with E-state index in [1.165, 1.54) is 0 Å². The summed E-state index contributed by atoms with van der Waals surface area (Å²) in [5.74, 6) is 2.43. The number of hydrogen-bond donors (Lipinski definition) is 1. The predicted molar refractivity (Wildman–Crippen MR) is 126 cm³/mol. The molecule has 0 spiro atoms. The van der Waals surface area contributed by atoms with Crippen LogP contribution in [0.5, 0.6) is 11.5 Å². The molecule has 32 heavy (non-hydrogen) atoms. The topological polar surface area (TPSA) is 126 Å². The third-order valence-electron chi connectivity index (χ3n) is 4.77. The molecule has 0 aliphatic rings. The Morgan fingerprint density at radius 3 is 2.62 bits per heavy atom. The van der Waals surface area contributed by atoms with Crippen molar-refractivity contribution in [2.24, 2.45) is 11.0 Å². The lowest BCUT2D eigenvalue weighted by atomic mass is 10.1. The van der Waals surface area contributed by atoms with Crippen molar-refractivity contribution in [3.63, 3.8) is 0 Å². The summed E-state index contributed by atoms with van der Waals surface area (Å²) in [7, 11) is 1.91. The highest BCUT2D eigenvalue weighted by Gasteiger charge is 2.16. The fourth-order valence-corrected chi connectivity index (χ4v) is 4.07. The zero-order valence-electron chi connectivity index (χ0n) is 19.4. The molecule has 0 saturated carbocycles. The number of rotatable bonds is 8. The van der Waals surface area contributed by atoms with Gasteiger partial charge in [0.15, 0.2) is 5.16 Å². The van der Waals surface area contributed by atoms with E-state index in [1.807, 2.05) is 32.0 Å². The summed E-state index contributed by atoms with van der Waals surface area (Å²) in [4.78, 5) is 14.5. The first-order valence-corrected chi connectivity index (χ1v) is 11.5. The van der Waals surface area contributed by atoms with Crippen LogP contribution in [-0.4, -0.2) is 39.9 Å². The third-order valence-corrected chi connectivity index (χ3v) is 5.93. The van der Waals surface area contributed by atoms with E-state index in [1.54, 1.807) is 20.4 Å². The molecule has 10 heteroatoms. The molecule has 0 aliphatic heterocycles. The Bertz CT molecular complexity index is 1120. The molecule has 3 aromatic rings. The van der Waals surface area contributed by atoms with Gasteiger partial charge in [-0.15, -0.1) is 0 Å². The number of aromatic amines is 1. The summed E-state index contributed by atoms with van der Waals surface area (Å²) in [5, 5.41) is 3.82. The highest BCUT2D eigenvalue weighted by molar-refractivity contribution is 7.84. The lowest BCUT2D eigenvalue weighted by Crippen LogP contribution is -2.05. The van der Waals surface area contributed by atoms with E-state index in [4.69, 9.17) is 15.0 Å². The van der Waals surface area contributed by atoms with E-state index in [0.717, 1.165) is 45.8 Å². The Morgan fingerprint density at radius 2 is 2.00 bits per heavy atom. The van der Waals surface area contributed by atoms with E-state index in [9.17, 15) is 4.21 Å². The average molecular weight is 459 g/mol. The van der Waals surface area contributed by atoms with Gasteiger partial charge in [-0.25, -0.2) is 4.98 Å². The van der Waals surface area contributed by atoms with Crippen molar-refractivity contribution in [3.05, 3.63) is 51.7 Å². The van der Waals surface area contributed by atoms with Gasteiger partial charge in [0.1, 0.15) is 11.5 Å². The minimum atomic E-state index is -1.33. The Labute approximate surface area is 190 Å². The number of aromatic nitrogens is 3. The number of fused-ring (bicyclic) bond motifs is 1. The fraction of sp³-hybridized carbons (Fsp3) is 0.455. The van der Waals surface area contributed by atoms with Crippen LogP contribution in [0.4, 0.5) is 0 Å². The molecule has 172 valence electrons. The maximum Gasteiger partial charge on any atom is 0.197 e. The van der Waals surface area contributed by atoms with Crippen molar-refractivity contribution in [1.29, 1.82) is 0 Å². The number of benzene rings is 1. The van der Waals surface area contributed by atoms with E-state index in [-0.39, 0.29) is 5.75 Å². The normalized spacial score (nSPS) is 11.5. The van der Waals surface area contributed by atoms with Crippen LogP contribution >= 0.6 is 0 Å². The van der Waals surface area contributed by atoms with Crippen LogP contribution in [-0.2, 0) is 16.6 Å². The van der Waals surface area contributed by atoms with Gasteiger partial charge in [0, 0.05) is 34.8 Å². The molecule has 9 nitrogen and oxygen atoms in total. The first kappa shape index (κ1) is 25.2.